The van der Waals surface area contributed by atoms with Crippen LogP contribution in [0, 0.1) is 5.92 Å². The summed E-state index contributed by atoms with van der Waals surface area (Å²) in [4.78, 5) is 18.6. The first-order chi connectivity index (χ1) is 16.0. The van der Waals surface area contributed by atoms with Gasteiger partial charge in [0, 0.05) is 41.3 Å². The van der Waals surface area contributed by atoms with Gasteiger partial charge in [0.15, 0.2) is 0 Å². The highest BCUT2D eigenvalue weighted by atomic mass is 19.1. The summed E-state index contributed by atoms with van der Waals surface area (Å²) in [6.45, 7) is 11.1. The van der Waals surface area contributed by atoms with Gasteiger partial charge in [-0.25, -0.2) is 4.39 Å². The number of aromatic nitrogens is 1. The SMILES string of the molecule is C=C(C(=O)N1CCCCC(Cc2ccccc2)C1)c1c[nH]c(=C(/C)N/C=C\C)/c1=C(/F)CC. The molecule has 1 amide bonds. The molecule has 0 bridgehead atoms. The molecule has 3 rings (SSSR count). The van der Waals surface area contributed by atoms with Crippen LogP contribution >= 0.6 is 0 Å². The molecule has 1 fully saturated rings. The first kappa shape index (κ1) is 24.6. The van der Waals surface area contributed by atoms with E-state index in [-0.39, 0.29) is 18.2 Å². The average molecular weight is 450 g/mol. The smallest absolute Gasteiger partial charge is 0.253 e. The van der Waals surface area contributed by atoms with Crippen molar-refractivity contribution in [3.8, 4) is 0 Å². The summed E-state index contributed by atoms with van der Waals surface area (Å²) in [6.07, 6.45) is 9.78. The Morgan fingerprint density at radius 1 is 1.30 bits per heavy atom. The van der Waals surface area contributed by atoms with E-state index in [9.17, 15) is 4.79 Å². The van der Waals surface area contributed by atoms with Crippen molar-refractivity contribution in [3.63, 3.8) is 0 Å². The molecule has 1 aliphatic rings. The van der Waals surface area contributed by atoms with Crippen molar-refractivity contribution in [2.75, 3.05) is 13.1 Å². The Balaban J connectivity index is 1.88. The second-order valence-corrected chi connectivity index (χ2v) is 8.76. The number of carbonyl (C=O) groups is 1. The van der Waals surface area contributed by atoms with Crippen LogP contribution in [0.5, 0.6) is 0 Å². The normalized spacial score (nSPS) is 18.7. The third-order valence-corrected chi connectivity index (χ3v) is 6.31. The number of halogens is 1. The lowest BCUT2D eigenvalue weighted by molar-refractivity contribution is -0.125. The molecular formula is C28H36FN3O. The summed E-state index contributed by atoms with van der Waals surface area (Å²) < 4.78 is 15.0. The second kappa shape index (κ2) is 11.7. The third-order valence-electron chi connectivity index (χ3n) is 6.31. The van der Waals surface area contributed by atoms with E-state index in [2.05, 4.69) is 41.1 Å². The van der Waals surface area contributed by atoms with E-state index in [0.29, 0.717) is 40.7 Å². The van der Waals surface area contributed by atoms with Gasteiger partial charge < -0.3 is 15.2 Å². The Kier molecular flexibility index (Phi) is 8.70. The highest BCUT2D eigenvalue weighted by Crippen LogP contribution is 2.23. The minimum absolute atomic E-state index is 0.107. The number of carbonyl (C=O) groups excluding carboxylic acids is 1. The monoisotopic (exact) mass is 449 g/mol. The highest BCUT2D eigenvalue weighted by molar-refractivity contribution is 6.18. The molecule has 1 aromatic carbocycles. The maximum atomic E-state index is 15.0. The number of nitrogens with one attached hydrogen (secondary N) is 2. The molecule has 33 heavy (non-hydrogen) atoms. The average Bonchev–Trinajstić information content (AvgIpc) is 3.15. The Bertz CT molecular complexity index is 1110. The van der Waals surface area contributed by atoms with Crippen LogP contribution in [-0.2, 0) is 11.2 Å². The van der Waals surface area contributed by atoms with Gasteiger partial charge in [0.05, 0.1) is 5.35 Å². The van der Waals surface area contributed by atoms with Crippen LogP contribution < -0.4 is 15.9 Å². The summed E-state index contributed by atoms with van der Waals surface area (Å²) in [5, 5.41) is 4.23. The van der Waals surface area contributed by atoms with Crippen LogP contribution in [0.15, 0.2) is 55.4 Å². The predicted octanol–water partition coefficient (Wildman–Crippen LogP) is 4.64. The number of hydrogen-bond donors (Lipinski definition) is 2. The van der Waals surface area contributed by atoms with Gasteiger partial charge >= 0.3 is 0 Å². The van der Waals surface area contributed by atoms with Gasteiger partial charge in [-0.05, 0) is 57.2 Å². The second-order valence-electron chi connectivity index (χ2n) is 8.76. The number of rotatable bonds is 7. The number of amides is 1. The summed E-state index contributed by atoms with van der Waals surface area (Å²) in [5.41, 5.74) is 2.97. The number of allylic oxidation sites excluding steroid dienone is 1. The van der Waals surface area contributed by atoms with Crippen molar-refractivity contribution in [1.29, 1.82) is 0 Å². The van der Waals surface area contributed by atoms with Crippen molar-refractivity contribution in [1.82, 2.24) is 15.2 Å². The zero-order chi connectivity index (χ0) is 23.8. The summed E-state index contributed by atoms with van der Waals surface area (Å²) in [5.74, 6) is 0.0480. The quantitative estimate of drug-likeness (QED) is 0.605. The van der Waals surface area contributed by atoms with E-state index in [1.165, 1.54) is 5.56 Å². The summed E-state index contributed by atoms with van der Waals surface area (Å²) in [7, 11) is 0. The molecule has 1 aromatic heterocycles. The molecule has 0 radical (unpaired) electrons. The van der Waals surface area contributed by atoms with Gasteiger partial charge in [0.1, 0.15) is 5.83 Å². The molecule has 5 heteroatoms. The fraction of sp³-hybridized carbons (Fsp3) is 0.393. The van der Waals surface area contributed by atoms with E-state index < -0.39 is 0 Å². The third kappa shape index (κ3) is 6.04. The maximum absolute atomic E-state index is 15.0. The minimum Gasteiger partial charge on any atom is -0.364 e. The van der Waals surface area contributed by atoms with E-state index in [4.69, 9.17) is 0 Å². The van der Waals surface area contributed by atoms with Crippen molar-refractivity contribution in [2.45, 2.75) is 52.9 Å². The van der Waals surface area contributed by atoms with Crippen molar-refractivity contribution in [2.24, 2.45) is 5.92 Å². The molecule has 1 unspecified atom stereocenters. The molecule has 2 aromatic rings. The Morgan fingerprint density at radius 2 is 2.06 bits per heavy atom. The summed E-state index contributed by atoms with van der Waals surface area (Å²) >= 11 is 0. The number of benzene rings is 1. The lowest BCUT2D eigenvalue weighted by Gasteiger charge is -2.25. The number of likely N-dealkylation sites (tertiary alicyclic amines) is 1. The van der Waals surface area contributed by atoms with E-state index >= 15 is 4.39 Å². The maximum Gasteiger partial charge on any atom is 0.253 e. The molecule has 0 saturated carbocycles. The van der Waals surface area contributed by atoms with Crippen molar-refractivity contribution in [3.05, 3.63) is 77.1 Å². The highest BCUT2D eigenvalue weighted by Gasteiger charge is 2.25. The zero-order valence-corrected chi connectivity index (χ0v) is 20.1. The van der Waals surface area contributed by atoms with E-state index in [1.807, 2.05) is 30.9 Å². The Morgan fingerprint density at radius 3 is 2.76 bits per heavy atom. The zero-order valence-electron chi connectivity index (χ0n) is 20.1. The van der Waals surface area contributed by atoms with Gasteiger partial charge in [0.25, 0.3) is 5.91 Å². The largest absolute Gasteiger partial charge is 0.364 e. The van der Waals surface area contributed by atoms with Crippen LogP contribution in [0.2, 0.25) is 0 Å². The topological polar surface area (TPSA) is 48.1 Å². The number of aromatic amines is 1. The molecule has 0 spiro atoms. The fourth-order valence-corrected chi connectivity index (χ4v) is 4.53. The standard InChI is InChI=1S/C28H36FN3O/c1-5-15-30-21(4)27-26(25(29)6-2)24(18-31-27)20(3)28(33)32-16-11-10-14-23(19-32)17-22-12-8-7-9-13-22/h5,7-9,12-13,15,18,23,30-31H,3,6,10-11,14,16-17,19H2,1-2,4H3/b15-5-,26-25+,27-21-. The molecule has 176 valence electrons. The molecule has 1 saturated heterocycles. The fourth-order valence-electron chi connectivity index (χ4n) is 4.53. The lowest BCUT2D eigenvalue weighted by Crippen LogP contribution is -2.37. The molecule has 1 aliphatic heterocycles. The predicted molar refractivity (Wildman–Crippen MR) is 135 cm³/mol. The van der Waals surface area contributed by atoms with Crippen LogP contribution in [0.4, 0.5) is 4.39 Å². The van der Waals surface area contributed by atoms with E-state index in [0.717, 1.165) is 31.4 Å². The molecule has 2 N–H and O–H groups in total. The first-order valence-corrected chi connectivity index (χ1v) is 11.9. The van der Waals surface area contributed by atoms with Gasteiger partial charge in [-0.1, -0.05) is 56.3 Å². The molecule has 0 aliphatic carbocycles. The number of nitrogens with zero attached hydrogens (tertiary/aromatic N) is 1. The molecule has 4 nitrogen and oxygen atoms in total. The summed E-state index contributed by atoms with van der Waals surface area (Å²) in [6, 6.07) is 10.4. The minimum atomic E-state index is -0.255. The van der Waals surface area contributed by atoms with Crippen LogP contribution in [0.3, 0.4) is 0 Å². The Hall–Kier alpha value is -3.08. The Labute approximate surface area is 196 Å². The molecular weight excluding hydrogens is 413 g/mol. The lowest BCUT2D eigenvalue weighted by atomic mass is 9.94. The van der Waals surface area contributed by atoms with Crippen molar-refractivity contribution >= 4 is 23.0 Å². The van der Waals surface area contributed by atoms with Gasteiger partial charge in [-0.3, -0.25) is 4.79 Å². The molecule has 1 atom stereocenters. The van der Waals surface area contributed by atoms with Gasteiger partial charge in [-0.2, -0.15) is 0 Å². The van der Waals surface area contributed by atoms with Crippen LogP contribution in [0.25, 0.3) is 17.1 Å². The van der Waals surface area contributed by atoms with E-state index in [1.54, 1.807) is 19.3 Å². The van der Waals surface area contributed by atoms with Gasteiger partial charge in [0.2, 0.25) is 0 Å². The number of H-pyrrole nitrogens is 1. The van der Waals surface area contributed by atoms with Gasteiger partial charge in [-0.15, -0.1) is 0 Å². The first-order valence-electron chi connectivity index (χ1n) is 11.9. The number of hydrogen-bond acceptors (Lipinski definition) is 2. The molecule has 2 heterocycles. The van der Waals surface area contributed by atoms with Crippen molar-refractivity contribution < 1.29 is 9.18 Å². The van der Waals surface area contributed by atoms with Crippen LogP contribution in [-0.4, -0.2) is 28.9 Å². The van der Waals surface area contributed by atoms with Crippen LogP contribution in [0.1, 0.15) is 57.6 Å².